The van der Waals surface area contributed by atoms with Crippen LogP contribution in [-0.2, 0) is 4.79 Å². The molecule has 0 aliphatic carbocycles. The van der Waals surface area contributed by atoms with Gasteiger partial charge in [-0.15, -0.1) is 12.4 Å². The molecule has 7 heteroatoms. The van der Waals surface area contributed by atoms with E-state index in [0.717, 1.165) is 71.2 Å². The molecule has 0 aromatic rings. The third-order valence-electron chi connectivity index (χ3n) is 5.48. The Morgan fingerprint density at radius 1 is 1.00 bits per heavy atom. The molecule has 0 saturated carbocycles. The minimum absolute atomic E-state index is 0. The summed E-state index contributed by atoms with van der Waals surface area (Å²) in [5.74, 6) is 0.264. The van der Waals surface area contributed by atoms with Crippen molar-refractivity contribution >= 4 is 24.3 Å². The standard InChI is InChI=1S/C17H30N4O2.ClH/c1-13-12-15(4-7-18-13)19-16(22)14-5-10-21(11-6-14)17(23)20-8-2-3-9-20;/h13-15,18H,2-12H2,1H3,(H,19,22);1H. The predicted molar refractivity (Wildman–Crippen MR) is 96.4 cm³/mol. The third-order valence-corrected chi connectivity index (χ3v) is 5.48. The highest BCUT2D eigenvalue weighted by atomic mass is 35.5. The van der Waals surface area contributed by atoms with E-state index in [9.17, 15) is 9.59 Å². The smallest absolute Gasteiger partial charge is 0.319 e. The van der Waals surface area contributed by atoms with E-state index in [1.54, 1.807) is 0 Å². The number of hydrogen-bond acceptors (Lipinski definition) is 3. The predicted octanol–water partition coefficient (Wildman–Crippen LogP) is 1.59. The number of piperidine rings is 2. The topological polar surface area (TPSA) is 64.7 Å². The van der Waals surface area contributed by atoms with Gasteiger partial charge in [-0.25, -0.2) is 4.79 Å². The average molecular weight is 359 g/mol. The number of hydrogen-bond donors (Lipinski definition) is 2. The lowest BCUT2D eigenvalue weighted by molar-refractivity contribution is -0.127. The second-order valence-corrected chi connectivity index (χ2v) is 7.32. The number of rotatable bonds is 2. The van der Waals surface area contributed by atoms with E-state index in [0.29, 0.717) is 12.1 Å². The first kappa shape index (κ1) is 19.3. The van der Waals surface area contributed by atoms with Crippen LogP contribution >= 0.6 is 12.4 Å². The van der Waals surface area contributed by atoms with Crippen molar-refractivity contribution in [1.82, 2.24) is 20.4 Å². The van der Waals surface area contributed by atoms with Crippen molar-refractivity contribution in [2.75, 3.05) is 32.7 Å². The summed E-state index contributed by atoms with van der Waals surface area (Å²) >= 11 is 0. The molecule has 138 valence electrons. The van der Waals surface area contributed by atoms with Gasteiger partial charge < -0.3 is 20.4 Å². The maximum absolute atomic E-state index is 12.5. The average Bonchev–Trinajstić information content (AvgIpc) is 3.09. The number of nitrogens with one attached hydrogen (secondary N) is 2. The fourth-order valence-corrected chi connectivity index (χ4v) is 4.02. The molecule has 0 bridgehead atoms. The number of likely N-dealkylation sites (tertiary alicyclic amines) is 2. The largest absolute Gasteiger partial charge is 0.353 e. The van der Waals surface area contributed by atoms with Crippen LogP contribution in [0.4, 0.5) is 4.79 Å². The van der Waals surface area contributed by atoms with Crippen LogP contribution in [-0.4, -0.2) is 66.5 Å². The molecule has 0 radical (unpaired) electrons. The monoisotopic (exact) mass is 358 g/mol. The molecule has 2 N–H and O–H groups in total. The zero-order valence-electron chi connectivity index (χ0n) is 14.6. The van der Waals surface area contributed by atoms with Gasteiger partial charge in [0.05, 0.1) is 0 Å². The molecule has 0 spiro atoms. The molecule has 3 aliphatic rings. The summed E-state index contributed by atoms with van der Waals surface area (Å²) in [6.07, 6.45) is 5.87. The van der Waals surface area contributed by atoms with E-state index in [1.165, 1.54) is 0 Å². The number of urea groups is 1. The summed E-state index contributed by atoms with van der Waals surface area (Å²) in [5, 5.41) is 6.63. The van der Waals surface area contributed by atoms with Crippen LogP contribution in [0.2, 0.25) is 0 Å². The SMILES string of the molecule is CC1CC(NC(=O)C2CCN(C(=O)N3CCCC3)CC2)CCN1.Cl. The zero-order chi connectivity index (χ0) is 16.2. The lowest BCUT2D eigenvalue weighted by atomic mass is 9.94. The van der Waals surface area contributed by atoms with E-state index in [-0.39, 0.29) is 30.3 Å². The molecule has 0 aromatic heterocycles. The molecule has 2 unspecified atom stereocenters. The van der Waals surface area contributed by atoms with Gasteiger partial charge in [0.15, 0.2) is 0 Å². The molecule has 3 amide bonds. The summed E-state index contributed by atoms with van der Waals surface area (Å²) in [6.45, 7) is 6.38. The molecular weight excluding hydrogens is 328 g/mol. The first-order chi connectivity index (χ1) is 11.1. The Labute approximate surface area is 151 Å². The molecule has 3 fully saturated rings. The molecule has 2 atom stereocenters. The van der Waals surface area contributed by atoms with Gasteiger partial charge in [-0.1, -0.05) is 0 Å². The highest BCUT2D eigenvalue weighted by molar-refractivity contribution is 5.85. The number of amides is 3. The molecule has 0 aromatic carbocycles. The van der Waals surface area contributed by atoms with E-state index in [1.807, 2.05) is 9.80 Å². The van der Waals surface area contributed by atoms with Crippen molar-refractivity contribution in [3.8, 4) is 0 Å². The Morgan fingerprint density at radius 3 is 2.25 bits per heavy atom. The van der Waals surface area contributed by atoms with Crippen molar-refractivity contribution in [3.63, 3.8) is 0 Å². The van der Waals surface area contributed by atoms with Gasteiger partial charge >= 0.3 is 6.03 Å². The van der Waals surface area contributed by atoms with E-state index in [4.69, 9.17) is 0 Å². The third kappa shape index (κ3) is 4.76. The molecule has 3 rings (SSSR count). The van der Waals surface area contributed by atoms with E-state index in [2.05, 4.69) is 17.6 Å². The minimum atomic E-state index is 0. The van der Waals surface area contributed by atoms with Gasteiger partial charge in [-0.3, -0.25) is 4.79 Å². The molecule has 6 nitrogen and oxygen atoms in total. The van der Waals surface area contributed by atoms with Gasteiger partial charge in [0.25, 0.3) is 0 Å². The summed E-state index contributed by atoms with van der Waals surface area (Å²) in [5.41, 5.74) is 0. The lowest BCUT2D eigenvalue weighted by Gasteiger charge is -2.35. The number of nitrogens with zero attached hydrogens (tertiary/aromatic N) is 2. The van der Waals surface area contributed by atoms with Crippen molar-refractivity contribution in [3.05, 3.63) is 0 Å². The van der Waals surface area contributed by atoms with Crippen LogP contribution < -0.4 is 10.6 Å². The molecule has 3 saturated heterocycles. The Bertz CT molecular complexity index is 434. The second kappa shape index (κ2) is 8.90. The Balaban J connectivity index is 0.00000208. The number of carbonyl (C=O) groups is 2. The van der Waals surface area contributed by atoms with E-state index >= 15 is 0 Å². The van der Waals surface area contributed by atoms with E-state index < -0.39 is 0 Å². The normalized spacial score (nSPS) is 28.4. The minimum Gasteiger partial charge on any atom is -0.353 e. The Morgan fingerprint density at radius 2 is 1.62 bits per heavy atom. The van der Waals surface area contributed by atoms with Gasteiger partial charge in [0.2, 0.25) is 5.91 Å². The second-order valence-electron chi connectivity index (χ2n) is 7.32. The zero-order valence-corrected chi connectivity index (χ0v) is 15.4. The van der Waals surface area contributed by atoms with Crippen LogP contribution in [0.1, 0.15) is 45.4 Å². The fourth-order valence-electron chi connectivity index (χ4n) is 4.02. The summed E-state index contributed by atoms with van der Waals surface area (Å²) < 4.78 is 0. The molecular formula is C17H31ClN4O2. The van der Waals surface area contributed by atoms with Crippen LogP contribution in [0.25, 0.3) is 0 Å². The molecule has 3 heterocycles. The maximum Gasteiger partial charge on any atom is 0.319 e. The van der Waals surface area contributed by atoms with Gasteiger partial charge in [0, 0.05) is 44.2 Å². The molecule has 24 heavy (non-hydrogen) atoms. The highest BCUT2D eigenvalue weighted by Gasteiger charge is 2.31. The summed E-state index contributed by atoms with van der Waals surface area (Å²) in [7, 11) is 0. The van der Waals surface area contributed by atoms with Gasteiger partial charge in [0.1, 0.15) is 0 Å². The molecule has 3 aliphatic heterocycles. The van der Waals surface area contributed by atoms with Crippen molar-refractivity contribution in [1.29, 1.82) is 0 Å². The number of halogens is 1. The number of carbonyl (C=O) groups excluding carboxylic acids is 2. The Kier molecular flexibility index (Phi) is 7.16. The first-order valence-electron chi connectivity index (χ1n) is 9.21. The summed E-state index contributed by atoms with van der Waals surface area (Å²) in [4.78, 5) is 28.7. The van der Waals surface area contributed by atoms with Gasteiger partial charge in [-0.05, 0) is 52.0 Å². The Hall–Kier alpha value is -1.01. The van der Waals surface area contributed by atoms with Crippen LogP contribution in [0, 0.1) is 5.92 Å². The van der Waals surface area contributed by atoms with Crippen LogP contribution in [0.15, 0.2) is 0 Å². The lowest BCUT2D eigenvalue weighted by Crippen LogP contribution is -2.51. The van der Waals surface area contributed by atoms with Crippen molar-refractivity contribution < 1.29 is 9.59 Å². The van der Waals surface area contributed by atoms with Crippen molar-refractivity contribution in [2.24, 2.45) is 5.92 Å². The van der Waals surface area contributed by atoms with Gasteiger partial charge in [-0.2, -0.15) is 0 Å². The maximum atomic E-state index is 12.5. The van der Waals surface area contributed by atoms with Crippen LogP contribution in [0.5, 0.6) is 0 Å². The fraction of sp³-hybridized carbons (Fsp3) is 0.882. The quantitative estimate of drug-likeness (QED) is 0.788. The first-order valence-corrected chi connectivity index (χ1v) is 9.21. The van der Waals surface area contributed by atoms with Crippen LogP contribution in [0.3, 0.4) is 0 Å². The highest BCUT2D eigenvalue weighted by Crippen LogP contribution is 2.21. The summed E-state index contributed by atoms with van der Waals surface area (Å²) in [6, 6.07) is 0.963. The van der Waals surface area contributed by atoms with Crippen molar-refractivity contribution in [2.45, 2.75) is 57.5 Å².